The molecule has 0 bridgehead atoms. The highest BCUT2D eigenvalue weighted by molar-refractivity contribution is 5.69. The standard InChI is InChI=1S/C27H54O4/c1-4-7-9-10-11-12-13-14-15-16-17-18-19-21-27(29)31-24-26(28)23-30-22-25(6-3)20-8-5-2/h25-26,28H,4-24H2,1-3H3. The Bertz CT molecular complexity index is 372. The van der Waals surface area contributed by atoms with Crippen LogP contribution in [0.3, 0.4) is 0 Å². The number of rotatable bonds is 24. The molecule has 1 N–H and O–H groups in total. The molecule has 0 aliphatic heterocycles. The quantitative estimate of drug-likeness (QED) is 0.123. The molecule has 2 atom stereocenters. The van der Waals surface area contributed by atoms with Crippen molar-refractivity contribution in [2.75, 3.05) is 19.8 Å². The van der Waals surface area contributed by atoms with Crippen LogP contribution in [0.4, 0.5) is 0 Å². The second-order valence-electron chi connectivity index (χ2n) is 9.28. The summed E-state index contributed by atoms with van der Waals surface area (Å²) in [6.07, 6.45) is 21.3. The summed E-state index contributed by atoms with van der Waals surface area (Å²) in [6, 6.07) is 0. The van der Waals surface area contributed by atoms with E-state index in [-0.39, 0.29) is 19.2 Å². The summed E-state index contributed by atoms with van der Waals surface area (Å²) in [4.78, 5) is 11.8. The van der Waals surface area contributed by atoms with Crippen LogP contribution in [0.15, 0.2) is 0 Å². The molecule has 4 heteroatoms. The van der Waals surface area contributed by atoms with Crippen molar-refractivity contribution in [2.45, 2.75) is 142 Å². The van der Waals surface area contributed by atoms with E-state index in [2.05, 4.69) is 20.8 Å². The molecule has 0 aliphatic rings. The molecule has 0 aromatic rings. The Hall–Kier alpha value is -0.610. The van der Waals surface area contributed by atoms with Crippen LogP contribution in [0.2, 0.25) is 0 Å². The molecule has 0 amide bonds. The molecule has 2 unspecified atom stereocenters. The van der Waals surface area contributed by atoms with Crippen LogP contribution >= 0.6 is 0 Å². The summed E-state index contributed by atoms with van der Waals surface area (Å²) in [5, 5.41) is 9.94. The third-order valence-corrected chi connectivity index (χ3v) is 6.13. The van der Waals surface area contributed by atoms with E-state index in [9.17, 15) is 9.90 Å². The second kappa shape index (κ2) is 24.0. The fraction of sp³-hybridized carbons (Fsp3) is 0.963. The van der Waals surface area contributed by atoms with Crippen molar-refractivity contribution in [2.24, 2.45) is 5.92 Å². The number of esters is 1. The van der Waals surface area contributed by atoms with Gasteiger partial charge in [0.05, 0.1) is 6.61 Å². The van der Waals surface area contributed by atoms with Gasteiger partial charge in [0.25, 0.3) is 0 Å². The Morgan fingerprint density at radius 1 is 0.677 bits per heavy atom. The number of ether oxygens (including phenoxy) is 2. The van der Waals surface area contributed by atoms with Crippen molar-refractivity contribution < 1.29 is 19.4 Å². The fourth-order valence-electron chi connectivity index (χ4n) is 3.87. The van der Waals surface area contributed by atoms with Gasteiger partial charge in [-0.3, -0.25) is 4.79 Å². The van der Waals surface area contributed by atoms with Crippen LogP contribution in [0.5, 0.6) is 0 Å². The van der Waals surface area contributed by atoms with Crippen LogP contribution < -0.4 is 0 Å². The number of carbonyl (C=O) groups is 1. The molecule has 4 nitrogen and oxygen atoms in total. The number of aliphatic hydroxyl groups is 1. The minimum absolute atomic E-state index is 0.0447. The monoisotopic (exact) mass is 442 g/mol. The zero-order valence-corrected chi connectivity index (χ0v) is 21.2. The summed E-state index contributed by atoms with van der Waals surface area (Å²) in [7, 11) is 0. The first-order valence-electron chi connectivity index (χ1n) is 13.5. The lowest BCUT2D eigenvalue weighted by Crippen LogP contribution is -2.25. The number of hydrogen-bond acceptors (Lipinski definition) is 4. The molecule has 0 aromatic heterocycles. The zero-order valence-electron chi connectivity index (χ0n) is 21.2. The van der Waals surface area contributed by atoms with Crippen molar-refractivity contribution in [3.8, 4) is 0 Å². The normalized spacial score (nSPS) is 13.3. The highest BCUT2D eigenvalue weighted by Gasteiger charge is 2.11. The maximum Gasteiger partial charge on any atom is 0.305 e. The highest BCUT2D eigenvalue weighted by atomic mass is 16.5. The highest BCUT2D eigenvalue weighted by Crippen LogP contribution is 2.14. The average molecular weight is 443 g/mol. The Kier molecular flexibility index (Phi) is 23.6. The van der Waals surface area contributed by atoms with Crippen molar-refractivity contribution >= 4 is 5.97 Å². The predicted octanol–water partition coefficient (Wildman–Crippen LogP) is 7.60. The average Bonchev–Trinajstić information content (AvgIpc) is 2.77. The van der Waals surface area contributed by atoms with E-state index in [0.29, 0.717) is 18.9 Å². The number of unbranched alkanes of at least 4 members (excludes halogenated alkanes) is 13. The molecule has 0 fully saturated rings. The summed E-state index contributed by atoms with van der Waals surface area (Å²) in [5.74, 6) is 0.363. The van der Waals surface area contributed by atoms with Gasteiger partial charge in [0.2, 0.25) is 0 Å². The molecule has 186 valence electrons. The Morgan fingerprint density at radius 3 is 1.71 bits per heavy atom. The summed E-state index contributed by atoms with van der Waals surface area (Å²) in [6.45, 7) is 7.61. The predicted molar refractivity (Wildman–Crippen MR) is 131 cm³/mol. The molecule has 0 rings (SSSR count). The molecule has 0 aliphatic carbocycles. The number of hydrogen-bond donors (Lipinski definition) is 1. The van der Waals surface area contributed by atoms with Gasteiger partial charge in [0.1, 0.15) is 12.7 Å². The van der Waals surface area contributed by atoms with E-state index >= 15 is 0 Å². The molecule has 0 heterocycles. The van der Waals surface area contributed by atoms with E-state index < -0.39 is 6.10 Å². The molecule has 0 aromatic carbocycles. The van der Waals surface area contributed by atoms with Gasteiger partial charge in [0.15, 0.2) is 0 Å². The third kappa shape index (κ3) is 22.4. The van der Waals surface area contributed by atoms with E-state index in [4.69, 9.17) is 9.47 Å². The topological polar surface area (TPSA) is 55.8 Å². The summed E-state index contributed by atoms with van der Waals surface area (Å²) in [5.41, 5.74) is 0. The first-order chi connectivity index (χ1) is 15.1. The summed E-state index contributed by atoms with van der Waals surface area (Å²) >= 11 is 0. The van der Waals surface area contributed by atoms with Gasteiger partial charge >= 0.3 is 5.97 Å². The first kappa shape index (κ1) is 30.4. The first-order valence-corrected chi connectivity index (χ1v) is 13.5. The van der Waals surface area contributed by atoms with Gasteiger partial charge in [-0.1, -0.05) is 117 Å². The molecule has 0 saturated heterocycles. The van der Waals surface area contributed by atoms with Crippen molar-refractivity contribution in [3.05, 3.63) is 0 Å². The largest absolute Gasteiger partial charge is 0.463 e. The minimum Gasteiger partial charge on any atom is -0.463 e. The number of carbonyl (C=O) groups excluding carboxylic acids is 1. The van der Waals surface area contributed by atoms with Crippen LogP contribution in [-0.2, 0) is 14.3 Å². The third-order valence-electron chi connectivity index (χ3n) is 6.13. The SMILES string of the molecule is CCCCCCCCCCCCCCCC(=O)OCC(O)COCC(CC)CCCC. The van der Waals surface area contributed by atoms with Crippen molar-refractivity contribution in [1.82, 2.24) is 0 Å². The van der Waals surface area contributed by atoms with E-state index in [1.165, 1.54) is 89.9 Å². The maximum atomic E-state index is 11.8. The zero-order chi connectivity index (χ0) is 23.0. The maximum absolute atomic E-state index is 11.8. The van der Waals surface area contributed by atoms with Gasteiger partial charge in [-0.05, 0) is 18.8 Å². The Balaban J connectivity index is 3.42. The van der Waals surface area contributed by atoms with E-state index in [1.807, 2.05) is 0 Å². The van der Waals surface area contributed by atoms with Crippen molar-refractivity contribution in [1.29, 1.82) is 0 Å². The van der Waals surface area contributed by atoms with Crippen LogP contribution in [0.1, 0.15) is 136 Å². The molecular weight excluding hydrogens is 388 g/mol. The van der Waals surface area contributed by atoms with E-state index in [0.717, 1.165) is 19.3 Å². The Labute approximate surface area is 193 Å². The summed E-state index contributed by atoms with van der Waals surface area (Å²) < 4.78 is 10.8. The Morgan fingerprint density at radius 2 is 1.19 bits per heavy atom. The molecule has 0 spiro atoms. The molecule has 0 radical (unpaired) electrons. The van der Waals surface area contributed by atoms with Crippen LogP contribution in [0.25, 0.3) is 0 Å². The smallest absolute Gasteiger partial charge is 0.305 e. The van der Waals surface area contributed by atoms with Gasteiger partial charge in [-0.15, -0.1) is 0 Å². The molecule has 31 heavy (non-hydrogen) atoms. The number of aliphatic hydroxyl groups excluding tert-OH is 1. The van der Waals surface area contributed by atoms with E-state index in [1.54, 1.807) is 0 Å². The second-order valence-corrected chi connectivity index (χ2v) is 9.28. The fourth-order valence-corrected chi connectivity index (χ4v) is 3.87. The van der Waals surface area contributed by atoms with Crippen LogP contribution in [-0.4, -0.2) is 37.0 Å². The lowest BCUT2D eigenvalue weighted by atomic mass is 10.0. The molecule has 0 saturated carbocycles. The van der Waals surface area contributed by atoms with Gasteiger partial charge in [0, 0.05) is 13.0 Å². The lowest BCUT2D eigenvalue weighted by Gasteiger charge is -2.17. The minimum atomic E-state index is -0.723. The van der Waals surface area contributed by atoms with Gasteiger partial charge < -0.3 is 14.6 Å². The van der Waals surface area contributed by atoms with Crippen LogP contribution in [0, 0.1) is 5.92 Å². The molecular formula is C27H54O4. The van der Waals surface area contributed by atoms with Gasteiger partial charge in [-0.25, -0.2) is 0 Å². The van der Waals surface area contributed by atoms with Crippen molar-refractivity contribution in [3.63, 3.8) is 0 Å². The van der Waals surface area contributed by atoms with Gasteiger partial charge in [-0.2, -0.15) is 0 Å². The lowest BCUT2D eigenvalue weighted by molar-refractivity contribution is -0.148.